The molecule has 0 bridgehead atoms. The second-order valence-corrected chi connectivity index (χ2v) is 5.23. The average Bonchev–Trinajstić information content (AvgIpc) is 3.03. The highest BCUT2D eigenvalue weighted by Gasteiger charge is 2.12. The molecule has 0 amide bonds. The van der Waals surface area contributed by atoms with Gasteiger partial charge in [-0.25, -0.2) is 0 Å². The molecule has 108 valence electrons. The lowest BCUT2D eigenvalue weighted by atomic mass is 10.1. The van der Waals surface area contributed by atoms with E-state index in [-0.39, 0.29) is 0 Å². The van der Waals surface area contributed by atoms with Crippen molar-refractivity contribution >= 4 is 17.0 Å². The summed E-state index contributed by atoms with van der Waals surface area (Å²) in [6.45, 7) is 0.928. The first-order valence-electron chi connectivity index (χ1n) is 7.26. The lowest BCUT2D eigenvalue weighted by Gasteiger charge is -2.02. The summed E-state index contributed by atoms with van der Waals surface area (Å²) >= 11 is 0. The van der Waals surface area contributed by atoms with Crippen LogP contribution >= 0.6 is 0 Å². The van der Waals surface area contributed by atoms with Gasteiger partial charge in [0, 0.05) is 11.8 Å². The summed E-state index contributed by atoms with van der Waals surface area (Å²) in [6, 6.07) is 20.6. The van der Waals surface area contributed by atoms with Crippen molar-refractivity contribution in [2.24, 2.45) is 4.99 Å². The second kappa shape index (κ2) is 5.53. The fourth-order valence-corrected chi connectivity index (χ4v) is 2.65. The Kier molecular flexibility index (Phi) is 3.24. The maximum Gasteiger partial charge on any atom is 0.231 e. The number of fused-ring (bicyclic) bond motifs is 2. The number of aliphatic imine (C=N–C) groups is 1. The van der Waals surface area contributed by atoms with Crippen LogP contribution in [-0.2, 0) is 6.54 Å². The predicted octanol–water partition coefficient (Wildman–Crippen LogP) is 4.19. The summed E-state index contributed by atoms with van der Waals surface area (Å²) in [7, 11) is 0. The van der Waals surface area contributed by atoms with Gasteiger partial charge in [-0.3, -0.25) is 4.99 Å². The minimum absolute atomic E-state index is 0.304. The third-order valence-electron chi connectivity index (χ3n) is 3.76. The normalized spacial score (nSPS) is 13.1. The zero-order chi connectivity index (χ0) is 14.8. The largest absolute Gasteiger partial charge is 0.454 e. The smallest absolute Gasteiger partial charge is 0.231 e. The molecule has 0 aromatic heterocycles. The van der Waals surface area contributed by atoms with Gasteiger partial charge in [-0.15, -0.1) is 0 Å². The first-order valence-corrected chi connectivity index (χ1v) is 7.26. The van der Waals surface area contributed by atoms with Crippen LogP contribution in [0.3, 0.4) is 0 Å². The van der Waals surface area contributed by atoms with Gasteiger partial charge in [0.25, 0.3) is 0 Å². The van der Waals surface area contributed by atoms with Crippen LogP contribution < -0.4 is 9.47 Å². The van der Waals surface area contributed by atoms with Crippen molar-refractivity contribution in [3.63, 3.8) is 0 Å². The Morgan fingerprint density at radius 2 is 1.77 bits per heavy atom. The zero-order valence-electron chi connectivity index (χ0n) is 12.0. The summed E-state index contributed by atoms with van der Waals surface area (Å²) in [4.78, 5) is 4.57. The Hall–Kier alpha value is -2.81. The fraction of sp³-hybridized carbons (Fsp3) is 0.105. The van der Waals surface area contributed by atoms with E-state index < -0.39 is 0 Å². The van der Waals surface area contributed by atoms with Crippen LogP contribution in [0.1, 0.15) is 11.1 Å². The van der Waals surface area contributed by atoms with Crippen LogP contribution in [0.2, 0.25) is 0 Å². The van der Waals surface area contributed by atoms with Crippen molar-refractivity contribution in [3.05, 3.63) is 71.8 Å². The Morgan fingerprint density at radius 1 is 0.909 bits per heavy atom. The van der Waals surface area contributed by atoms with Crippen molar-refractivity contribution < 1.29 is 9.47 Å². The summed E-state index contributed by atoms with van der Waals surface area (Å²) in [5.41, 5.74) is 2.25. The maximum absolute atomic E-state index is 5.39. The van der Waals surface area contributed by atoms with Gasteiger partial charge in [-0.2, -0.15) is 0 Å². The standard InChI is InChI=1S/C19H15NO2/c1-2-7-17-15(4-1)5-3-6-16(17)12-20-11-14-8-9-18-19(10-14)22-13-21-18/h1-10,12H,11,13H2. The monoisotopic (exact) mass is 289 g/mol. The molecule has 0 spiro atoms. The van der Waals surface area contributed by atoms with Crippen molar-refractivity contribution in [1.29, 1.82) is 0 Å². The van der Waals surface area contributed by atoms with Crippen molar-refractivity contribution in [2.75, 3.05) is 6.79 Å². The van der Waals surface area contributed by atoms with Crippen LogP contribution in [0, 0.1) is 0 Å². The Morgan fingerprint density at radius 3 is 2.77 bits per heavy atom. The second-order valence-electron chi connectivity index (χ2n) is 5.23. The third-order valence-corrected chi connectivity index (χ3v) is 3.76. The summed E-state index contributed by atoms with van der Waals surface area (Å²) in [5.74, 6) is 1.61. The van der Waals surface area contributed by atoms with Crippen molar-refractivity contribution in [2.45, 2.75) is 6.54 Å². The molecule has 22 heavy (non-hydrogen) atoms. The minimum Gasteiger partial charge on any atom is -0.454 e. The minimum atomic E-state index is 0.304. The lowest BCUT2D eigenvalue weighted by molar-refractivity contribution is 0.174. The molecule has 0 aliphatic carbocycles. The molecule has 3 aromatic rings. The zero-order valence-corrected chi connectivity index (χ0v) is 12.0. The number of hydrogen-bond acceptors (Lipinski definition) is 3. The molecule has 1 aliphatic heterocycles. The van der Waals surface area contributed by atoms with Crippen LogP contribution in [0.25, 0.3) is 10.8 Å². The molecular weight excluding hydrogens is 274 g/mol. The molecule has 0 atom stereocenters. The van der Waals surface area contributed by atoms with E-state index in [0.29, 0.717) is 13.3 Å². The van der Waals surface area contributed by atoms with E-state index in [2.05, 4.69) is 47.5 Å². The first-order chi connectivity index (χ1) is 10.9. The van der Waals surface area contributed by atoms with E-state index in [1.807, 2.05) is 24.4 Å². The van der Waals surface area contributed by atoms with E-state index in [1.54, 1.807) is 0 Å². The molecule has 3 nitrogen and oxygen atoms in total. The number of ether oxygens (including phenoxy) is 2. The van der Waals surface area contributed by atoms with Gasteiger partial charge in [-0.05, 0) is 28.5 Å². The molecule has 4 rings (SSSR count). The van der Waals surface area contributed by atoms with E-state index in [1.165, 1.54) is 10.8 Å². The summed E-state index contributed by atoms with van der Waals surface area (Å²) in [6.07, 6.45) is 1.94. The molecular formula is C19H15NO2. The van der Waals surface area contributed by atoms with E-state index in [0.717, 1.165) is 22.6 Å². The molecule has 3 aromatic carbocycles. The quantitative estimate of drug-likeness (QED) is 0.677. The van der Waals surface area contributed by atoms with Gasteiger partial charge < -0.3 is 9.47 Å². The van der Waals surface area contributed by atoms with Gasteiger partial charge in [0.05, 0.1) is 6.54 Å². The van der Waals surface area contributed by atoms with Gasteiger partial charge in [0.15, 0.2) is 11.5 Å². The Bertz CT molecular complexity index is 850. The highest BCUT2D eigenvalue weighted by Crippen LogP contribution is 2.32. The highest BCUT2D eigenvalue weighted by atomic mass is 16.7. The van der Waals surface area contributed by atoms with Gasteiger partial charge in [-0.1, -0.05) is 48.5 Å². The molecule has 0 fully saturated rings. The maximum atomic E-state index is 5.39. The average molecular weight is 289 g/mol. The fourth-order valence-electron chi connectivity index (χ4n) is 2.65. The van der Waals surface area contributed by atoms with E-state index in [4.69, 9.17) is 9.47 Å². The number of benzene rings is 3. The topological polar surface area (TPSA) is 30.8 Å². The summed E-state index contributed by atoms with van der Waals surface area (Å²) in [5, 5.41) is 2.45. The number of rotatable bonds is 3. The Labute approximate surface area is 128 Å². The van der Waals surface area contributed by atoms with Crippen LogP contribution in [0.15, 0.2) is 65.7 Å². The SMILES string of the molecule is C(=NCc1ccc2c(c1)OCO2)c1cccc2ccccc12. The van der Waals surface area contributed by atoms with E-state index in [9.17, 15) is 0 Å². The first kappa shape index (κ1) is 12.9. The van der Waals surface area contributed by atoms with Gasteiger partial charge in [0.2, 0.25) is 6.79 Å². The van der Waals surface area contributed by atoms with Crippen molar-refractivity contribution in [3.8, 4) is 11.5 Å². The molecule has 1 aliphatic rings. The molecule has 0 unspecified atom stereocenters. The summed E-state index contributed by atoms with van der Waals surface area (Å²) < 4.78 is 10.7. The van der Waals surface area contributed by atoms with Crippen LogP contribution in [0.5, 0.6) is 11.5 Å². The van der Waals surface area contributed by atoms with Gasteiger partial charge >= 0.3 is 0 Å². The molecule has 0 radical (unpaired) electrons. The van der Waals surface area contributed by atoms with Crippen LogP contribution in [-0.4, -0.2) is 13.0 Å². The highest BCUT2D eigenvalue weighted by molar-refractivity contribution is 5.99. The molecule has 0 N–H and O–H groups in total. The Balaban J connectivity index is 1.56. The number of hydrogen-bond donors (Lipinski definition) is 0. The van der Waals surface area contributed by atoms with Crippen LogP contribution in [0.4, 0.5) is 0 Å². The molecule has 0 saturated carbocycles. The lowest BCUT2D eigenvalue weighted by Crippen LogP contribution is -1.92. The van der Waals surface area contributed by atoms with Gasteiger partial charge in [0.1, 0.15) is 0 Å². The number of nitrogens with zero attached hydrogens (tertiary/aromatic N) is 1. The molecule has 3 heteroatoms. The molecule has 1 heterocycles. The molecule has 0 saturated heterocycles. The third kappa shape index (κ3) is 2.42. The van der Waals surface area contributed by atoms with Crippen molar-refractivity contribution in [1.82, 2.24) is 0 Å². The predicted molar refractivity (Wildman–Crippen MR) is 87.8 cm³/mol. The van der Waals surface area contributed by atoms with E-state index >= 15 is 0 Å².